The third-order valence-corrected chi connectivity index (χ3v) is 4.01. The standard InChI is InChI=1S/C12H18N2O4/c1-3-7(9(15)16)6-12(8-4-5-8)10(17)14(2)11(18)13-12/h7-8H,3-6H2,1-2H3,(H,13,18)(H,15,16). The van der Waals surface area contributed by atoms with Crippen molar-refractivity contribution < 1.29 is 19.5 Å². The number of carboxylic acid groups (broad SMARTS) is 1. The Bertz CT molecular complexity index is 405. The summed E-state index contributed by atoms with van der Waals surface area (Å²) in [5.41, 5.74) is -0.981. The van der Waals surface area contributed by atoms with Crippen molar-refractivity contribution >= 4 is 17.9 Å². The van der Waals surface area contributed by atoms with Crippen LogP contribution in [0.5, 0.6) is 0 Å². The lowest BCUT2D eigenvalue weighted by Crippen LogP contribution is -2.51. The number of nitrogens with one attached hydrogen (secondary N) is 1. The highest BCUT2D eigenvalue weighted by Gasteiger charge is 2.59. The lowest BCUT2D eigenvalue weighted by Gasteiger charge is -2.29. The van der Waals surface area contributed by atoms with Crippen molar-refractivity contribution in [2.45, 2.75) is 38.1 Å². The first-order valence-electron chi connectivity index (χ1n) is 6.25. The van der Waals surface area contributed by atoms with Gasteiger partial charge in [-0.2, -0.15) is 0 Å². The molecule has 0 aromatic carbocycles. The molecule has 100 valence electrons. The predicted molar refractivity (Wildman–Crippen MR) is 62.8 cm³/mol. The van der Waals surface area contributed by atoms with Gasteiger partial charge in [-0.05, 0) is 31.6 Å². The average Bonchev–Trinajstić information content (AvgIpc) is 3.13. The van der Waals surface area contributed by atoms with E-state index in [1.807, 2.05) is 0 Å². The summed E-state index contributed by atoms with van der Waals surface area (Å²) < 4.78 is 0. The zero-order chi connectivity index (χ0) is 13.5. The molecule has 2 unspecified atom stereocenters. The Labute approximate surface area is 105 Å². The topological polar surface area (TPSA) is 86.7 Å². The number of carbonyl (C=O) groups is 3. The second-order valence-corrected chi connectivity index (χ2v) is 5.19. The molecule has 0 bridgehead atoms. The first kappa shape index (κ1) is 12.9. The summed E-state index contributed by atoms with van der Waals surface area (Å²) >= 11 is 0. The van der Waals surface area contributed by atoms with Gasteiger partial charge in [0.2, 0.25) is 0 Å². The van der Waals surface area contributed by atoms with E-state index in [9.17, 15) is 14.4 Å². The molecule has 1 aliphatic carbocycles. The van der Waals surface area contributed by atoms with Crippen LogP contribution in [0.15, 0.2) is 0 Å². The smallest absolute Gasteiger partial charge is 0.324 e. The molecule has 0 aromatic heterocycles. The summed E-state index contributed by atoms with van der Waals surface area (Å²) in [4.78, 5) is 36.1. The fourth-order valence-corrected chi connectivity index (χ4v) is 2.67. The summed E-state index contributed by atoms with van der Waals surface area (Å²) in [7, 11) is 1.43. The fraction of sp³-hybridized carbons (Fsp3) is 0.750. The van der Waals surface area contributed by atoms with Gasteiger partial charge in [0.15, 0.2) is 0 Å². The molecular formula is C12H18N2O4. The van der Waals surface area contributed by atoms with Gasteiger partial charge in [0.25, 0.3) is 5.91 Å². The van der Waals surface area contributed by atoms with Crippen LogP contribution in [0.4, 0.5) is 4.79 Å². The number of amides is 3. The van der Waals surface area contributed by atoms with Crippen LogP contribution < -0.4 is 5.32 Å². The molecule has 3 amide bonds. The second kappa shape index (κ2) is 4.26. The van der Waals surface area contributed by atoms with Crippen molar-refractivity contribution in [3.63, 3.8) is 0 Å². The van der Waals surface area contributed by atoms with Crippen LogP contribution in [0.1, 0.15) is 32.6 Å². The van der Waals surface area contributed by atoms with Crippen LogP contribution in [0.2, 0.25) is 0 Å². The Balaban J connectivity index is 2.26. The Hall–Kier alpha value is -1.59. The fourth-order valence-electron chi connectivity index (χ4n) is 2.67. The minimum atomic E-state index is -0.981. The van der Waals surface area contributed by atoms with Gasteiger partial charge in [0.1, 0.15) is 5.54 Å². The summed E-state index contributed by atoms with van der Waals surface area (Å²) in [6, 6.07) is -0.424. The van der Waals surface area contributed by atoms with Gasteiger partial charge >= 0.3 is 12.0 Å². The molecule has 2 aliphatic rings. The van der Waals surface area contributed by atoms with Gasteiger partial charge in [-0.15, -0.1) is 0 Å². The van der Waals surface area contributed by atoms with Crippen LogP contribution in [-0.2, 0) is 9.59 Å². The third-order valence-electron chi connectivity index (χ3n) is 4.01. The SMILES string of the molecule is CCC(CC1(C2CC2)NC(=O)N(C)C1=O)C(=O)O. The molecule has 0 aromatic rings. The molecule has 0 spiro atoms. The summed E-state index contributed by atoms with van der Waals surface area (Å²) in [5.74, 6) is -1.70. The van der Waals surface area contributed by atoms with E-state index in [1.54, 1.807) is 6.92 Å². The Morgan fingerprint density at radius 1 is 1.56 bits per heavy atom. The van der Waals surface area contributed by atoms with Crippen LogP contribution >= 0.6 is 0 Å². The Morgan fingerprint density at radius 3 is 2.50 bits per heavy atom. The van der Waals surface area contributed by atoms with Gasteiger partial charge in [-0.3, -0.25) is 14.5 Å². The lowest BCUT2D eigenvalue weighted by atomic mass is 9.82. The monoisotopic (exact) mass is 254 g/mol. The van der Waals surface area contributed by atoms with Gasteiger partial charge in [-0.1, -0.05) is 6.92 Å². The number of carbonyl (C=O) groups excluding carboxylic acids is 2. The summed E-state index contributed by atoms with van der Waals surface area (Å²) in [5, 5.41) is 11.9. The van der Waals surface area contributed by atoms with Gasteiger partial charge in [0.05, 0.1) is 5.92 Å². The van der Waals surface area contributed by atoms with Crippen LogP contribution in [-0.4, -0.2) is 40.5 Å². The number of aliphatic carboxylic acids is 1. The number of carboxylic acids is 1. The molecule has 6 heteroatoms. The number of hydrogen-bond donors (Lipinski definition) is 2. The Kier molecular flexibility index (Phi) is 3.04. The zero-order valence-electron chi connectivity index (χ0n) is 10.6. The van der Waals surface area contributed by atoms with E-state index < -0.39 is 23.5 Å². The predicted octanol–water partition coefficient (Wildman–Crippen LogP) is 0.818. The molecule has 1 saturated heterocycles. The number of likely N-dealkylation sites (N-methyl/N-ethyl adjacent to an activating group) is 1. The molecule has 2 fully saturated rings. The number of rotatable bonds is 5. The molecule has 1 heterocycles. The molecule has 2 N–H and O–H groups in total. The minimum Gasteiger partial charge on any atom is -0.481 e. The molecule has 18 heavy (non-hydrogen) atoms. The average molecular weight is 254 g/mol. The van der Waals surface area contributed by atoms with Crippen LogP contribution in [0.3, 0.4) is 0 Å². The van der Waals surface area contributed by atoms with Gasteiger partial charge in [-0.25, -0.2) is 4.79 Å². The van der Waals surface area contributed by atoms with E-state index >= 15 is 0 Å². The molecule has 0 radical (unpaired) electrons. The van der Waals surface area contributed by atoms with Crippen molar-refractivity contribution in [3.8, 4) is 0 Å². The highest BCUT2D eigenvalue weighted by molar-refractivity contribution is 6.07. The maximum atomic E-state index is 12.2. The van der Waals surface area contributed by atoms with Crippen LogP contribution in [0.25, 0.3) is 0 Å². The molecule has 1 aliphatic heterocycles. The van der Waals surface area contributed by atoms with Crippen molar-refractivity contribution in [1.82, 2.24) is 10.2 Å². The van der Waals surface area contributed by atoms with E-state index in [0.29, 0.717) is 6.42 Å². The zero-order valence-corrected chi connectivity index (χ0v) is 10.6. The normalized spacial score (nSPS) is 29.3. The molecule has 1 saturated carbocycles. The highest BCUT2D eigenvalue weighted by atomic mass is 16.4. The molecule has 2 rings (SSSR count). The third kappa shape index (κ3) is 1.85. The number of urea groups is 1. The van der Waals surface area contributed by atoms with Crippen molar-refractivity contribution in [2.75, 3.05) is 7.05 Å². The first-order valence-corrected chi connectivity index (χ1v) is 6.25. The van der Waals surface area contributed by atoms with Crippen molar-refractivity contribution in [3.05, 3.63) is 0 Å². The number of hydrogen-bond acceptors (Lipinski definition) is 3. The largest absolute Gasteiger partial charge is 0.481 e. The van der Waals surface area contributed by atoms with E-state index in [-0.39, 0.29) is 18.2 Å². The van der Waals surface area contributed by atoms with Crippen LogP contribution in [0, 0.1) is 11.8 Å². The van der Waals surface area contributed by atoms with Gasteiger partial charge in [0, 0.05) is 7.05 Å². The van der Waals surface area contributed by atoms with E-state index in [0.717, 1.165) is 17.7 Å². The summed E-state index contributed by atoms with van der Waals surface area (Å²) in [6.07, 6.45) is 2.39. The maximum Gasteiger partial charge on any atom is 0.324 e. The Morgan fingerprint density at radius 2 is 2.17 bits per heavy atom. The molecular weight excluding hydrogens is 236 g/mol. The highest BCUT2D eigenvalue weighted by Crippen LogP contribution is 2.46. The quantitative estimate of drug-likeness (QED) is 0.711. The van der Waals surface area contributed by atoms with Gasteiger partial charge < -0.3 is 10.4 Å². The molecule has 2 atom stereocenters. The summed E-state index contributed by atoms with van der Waals surface area (Å²) in [6.45, 7) is 1.78. The lowest BCUT2D eigenvalue weighted by molar-refractivity contribution is -0.143. The van der Waals surface area contributed by atoms with E-state index in [1.165, 1.54) is 7.05 Å². The van der Waals surface area contributed by atoms with Crippen molar-refractivity contribution in [1.29, 1.82) is 0 Å². The van der Waals surface area contributed by atoms with E-state index in [2.05, 4.69) is 5.32 Å². The minimum absolute atomic E-state index is 0.0901. The number of imide groups is 1. The van der Waals surface area contributed by atoms with Crippen molar-refractivity contribution in [2.24, 2.45) is 11.8 Å². The second-order valence-electron chi connectivity index (χ2n) is 5.19. The first-order chi connectivity index (χ1) is 8.42. The maximum absolute atomic E-state index is 12.2. The molecule has 6 nitrogen and oxygen atoms in total. The van der Waals surface area contributed by atoms with E-state index in [4.69, 9.17) is 5.11 Å². The number of nitrogens with zero attached hydrogens (tertiary/aromatic N) is 1.